The summed E-state index contributed by atoms with van der Waals surface area (Å²) >= 11 is 0. The van der Waals surface area contributed by atoms with Gasteiger partial charge in [0.1, 0.15) is 18.5 Å². The molecule has 0 radical (unpaired) electrons. The lowest BCUT2D eigenvalue weighted by molar-refractivity contribution is -0.143. The Bertz CT molecular complexity index is 778. The molecular formula is C14H11F3N4O3. The van der Waals surface area contributed by atoms with Crippen LogP contribution in [0.2, 0.25) is 0 Å². The zero-order valence-corrected chi connectivity index (χ0v) is 12.3. The zero-order chi connectivity index (χ0) is 17.7. The van der Waals surface area contributed by atoms with Gasteiger partial charge in [-0.25, -0.2) is 17.8 Å². The van der Waals surface area contributed by atoms with Crippen molar-refractivity contribution in [3.05, 3.63) is 47.8 Å². The second kappa shape index (κ2) is 7.49. The molecule has 2 rings (SSSR count). The molecule has 1 heterocycles. The molecule has 0 amide bonds. The van der Waals surface area contributed by atoms with E-state index in [0.717, 1.165) is 10.9 Å². The lowest BCUT2D eigenvalue weighted by Crippen LogP contribution is -2.29. The van der Waals surface area contributed by atoms with Crippen molar-refractivity contribution in [2.45, 2.75) is 6.92 Å². The van der Waals surface area contributed by atoms with Gasteiger partial charge in [0.2, 0.25) is 0 Å². The number of nitrogens with zero attached hydrogens (tertiary/aromatic N) is 4. The number of carbonyl (C=O) groups excluding carboxylic acids is 2. The van der Waals surface area contributed by atoms with Crippen molar-refractivity contribution in [2.24, 2.45) is 11.0 Å². The van der Waals surface area contributed by atoms with E-state index >= 15 is 0 Å². The number of benzene rings is 1. The highest BCUT2D eigenvalue weighted by Gasteiger charge is 2.30. The number of halogens is 3. The van der Waals surface area contributed by atoms with E-state index < -0.39 is 40.7 Å². The molecule has 10 heteroatoms. The fraction of sp³-hybridized carbons (Fsp3) is 0.214. The van der Waals surface area contributed by atoms with Crippen molar-refractivity contribution in [3.8, 4) is 0 Å². The van der Waals surface area contributed by atoms with E-state index in [9.17, 15) is 22.8 Å². The Morgan fingerprint density at radius 3 is 2.46 bits per heavy atom. The summed E-state index contributed by atoms with van der Waals surface area (Å²) in [6, 6.07) is 0.605. The molecule has 1 unspecified atom stereocenters. The predicted molar refractivity (Wildman–Crippen MR) is 74.7 cm³/mol. The van der Waals surface area contributed by atoms with Crippen LogP contribution in [0.1, 0.15) is 17.3 Å². The number of ether oxygens (including phenoxy) is 1. The number of carbonyl (C=O) groups is 2. The highest BCUT2D eigenvalue weighted by molar-refractivity contribution is 6.18. The molecule has 0 aliphatic rings. The summed E-state index contributed by atoms with van der Waals surface area (Å²) in [7, 11) is 0. The SMILES string of the molecule is CCOC(=O)C(C=Nn1cnnc1)C(=O)c1cc(F)c(F)cc1F. The molecule has 0 saturated carbocycles. The fourth-order valence-electron chi connectivity index (χ4n) is 1.75. The van der Waals surface area contributed by atoms with Crippen LogP contribution in [0, 0.1) is 23.4 Å². The van der Waals surface area contributed by atoms with Gasteiger partial charge in [-0.05, 0) is 13.0 Å². The third-order valence-electron chi connectivity index (χ3n) is 2.85. The Hall–Kier alpha value is -3.04. The van der Waals surface area contributed by atoms with Gasteiger partial charge in [-0.3, -0.25) is 9.59 Å². The van der Waals surface area contributed by atoms with Crippen molar-refractivity contribution < 1.29 is 27.5 Å². The number of aromatic nitrogens is 3. The van der Waals surface area contributed by atoms with Crippen molar-refractivity contribution in [3.63, 3.8) is 0 Å². The maximum atomic E-state index is 13.8. The minimum atomic E-state index is -1.65. The molecule has 0 fully saturated rings. The predicted octanol–water partition coefficient (Wildman–Crippen LogP) is 1.59. The maximum absolute atomic E-state index is 13.8. The van der Waals surface area contributed by atoms with Crippen LogP contribution in [0.5, 0.6) is 0 Å². The smallest absolute Gasteiger partial charge is 0.322 e. The topological polar surface area (TPSA) is 86.4 Å². The fourth-order valence-corrected chi connectivity index (χ4v) is 1.75. The van der Waals surface area contributed by atoms with Crippen LogP contribution >= 0.6 is 0 Å². The van der Waals surface area contributed by atoms with Gasteiger partial charge in [0.05, 0.1) is 12.2 Å². The minimum absolute atomic E-state index is 0.0383. The van der Waals surface area contributed by atoms with Crippen molar-refractivity contribution in [2.75, 3.05) is 6.61 Å². The Balaban J connectivity index is 2.37. The van der Waals surface area contributed by atoms with Gasteiger partial charge in [-0.15, -0.1) is 10.2 Å². The summed E-state index contributed by atoms with van der Waals surface area (Å²) in [6.45, 7) is 1.47. The first-order valence-corrected chi connectivity index (χ1v) is 6.68. The van der Waals surface area contributed by atoms with E-state index in [1.165, 1.54) is 19.6 Å². The van der Waals surface area contributed by atoms with Gasteiger partial charge < -0.3 is 4.74 Å². The maximum Gasteiger partial charge on any atom is 0.322 e. The highest BCUT2D eigenvalue weighted by Crippen LogP contribution is 2.18. The van der Waals surface area contributed by atoms with Gasteiger partial charge in [0.25, 0.3) is 0 Å². The van der Waals surface area contributed by atoms with Crippen LogP contribution in [0.15, 0.2) is 29.9 Å². The molecule has 126 valence electrons. The van der Waals surface area contributed by atoms with Crippen LogP contribution in [-0.2, 0) is 9.53 Å². The molecule has 0 N–H and O–H groups in total. The molecule has 1 aromatic carbocycles. The monoisotopic (exact) mass is 340 g/mol. The van der Waals surface area contributed by atoms with Gasteiger partial charge in [-0.1, -0.05) is 0 Å². The van der Waals surface area contributed by atoms with Gasteiger partial charge >= 0.3 is 5.97 Å². The average molecular weight is 340 g/mol. The number of hydrogen-bond acceptors (Lipinski definition) is 6. The van der Waals surface area contributed by atoms with Gasteiger partial charge in [0.15, 0.2) is 23.3 Å². The normalized spacial score (nSPS) is 12.3. The third-order valence-corrected chi connectivity index (χ3v) is 2.85. The van der Waals surface area contributed by atoms with E-state index in [1.54, 1.807) is 0 Å². The second-order valence-electron chi connectivity index (χ2n) is 4.45. The molecule has 0 aliphatic carbocycles. The molecule has 0 saturated heterocycles. The Morgan fingerprint density at radius 1 is 1.21 bits per heavy atom. The molecule has 0 bridgehead atoms. The summed E-state index contributed by atoms with van der Waals surface area (Å²) in [5.41, 5.74) is -0.790. The van der Waals surface area contributed by atoms with Gasteiger partial charge in [-0.2, -0.15) is 5.10 Å². The summed E-state index contributed by atoms with van der Waals surface area (Å²) in [5.74, 6) is -7.95. The average Bonchev–Trinajstić information content (AvgIpc) is 3.04. The van der Waals surface area contributed by atoms with Crippen LogP contribution in [0.4, 0.5) is 13.2 Å². The summed E-state index contributed by atoms with van der Waals surface area (Å²) < 4.78 is 45.8. The standard InChI is InChI=1S/C14H11F3N4O3/c1-2-24-14(23)9(5-20-21-6-18-19-7-21)13(22)8-3-11(16)12(17)4-10(8)15/h3-7,9H,2H2,1H3. The molecule has 1 aromatic heterocycles. The number of rotatable bonds is 6. The largest absolute Gasteiger partial charge is 0.465 e. The van der Waals surface area contributed by atoms with Crippen molar-refractivity contribution in [1.82, 2.24) is 14.9 Å². The van der Waals surface area contributed by atoms with Gasteiger partial charge in [0, 0.05) is 12.3 Å². The third kappa shape index (κ3) is 3.83. The molecule has 24 heavy (non-hydrogen) atoms. The van der Waals surface area contributed by atoms with E-state index in [4.69, 9.17) is 4.74 Å². The first-order chi connectivity index (χ1) is 11.4. The summed E-state index contributed by atoms with van der Waals surface area (Å²) in [6.07, 6.45) is 3.24. The van der Waals surface area contributed by atoms with Crippen LogP contribution < -0.4 is 0 Å². The van der Waals surface area contributed by atoms with E-state index in [0.29, 0.717) is 6.07 Å². The van der Waals surface area contributed by atoms with Crippen LogP contribution in [-0.4, -0.2) is 39.4 Å². The quantitative estimate of drug-likeness (QED) is 0.262. The molecular weight excluding hydrogens is 329 g/mol. The molecule has 1 atom stereocenters. The molecule has 0 spiro atoms. The number of ketones is 1. The summed E-state index contributed by atoms with van der Waals surface area (Å²) in [5, 5.41) is 10.7. The Morgan fingerprint density at radius 2 is 1.83 bits per heavy atom. The number of esters is 1. The Labute approximate surface area is 133 Å². The first kappa shape index (κ1) is 17.3. The first-order valence-electron chi connectivity index (χ1n) is 6.68. The highest BCUT2D eigenvalue weighted by atomic mass is 19.2. The van der Waals surface area contributed by atoms with Crippen molar-refractivity contribution in [1.29, 1.82) is 0 Å². The van der Waals surface area contributed by atoms with Crippen LogP contribution in [0.3, 0.4) is 0 Å². The number of hydrogen-bond donors (Lipinski definition) is 0. The van der Waals surface area contributed by atoms with E-state index in [1.807, 2.05) is 0 Å². The zero-order valence-electron chi connectivity index (χ0n) is 12.3. The second-order valence-corrected chi connectivity index (χ2v) is 4.45. The molecule has 2 aromatic rings. The lowest BCUT2D eigenvalue weighted by Gasteiger charge is -2.11. The Kier molecular flexibility index (Phi) is 5.40. The van der Waals surface area contributed by atoms with Crippen LogP contribution in [0.25, 0.3) is 0 Å². The molecule has 7 nitrogen and oxygen atoms in total. The minimum Gasteiger partial charge on any atom is -0.465 e. The molecule has 0 aliphatic heterocycles. The van der Waals surface area contributed by atoms with E-state index in [2.05, 4.69) is 15.3 Å². The van der Waals surface area contributed by atoms with Crippen molar-refractivity contribution >= 4 is 18.0 Å². The summed E-state index contributed by atoms with van der Waals surface area (Å²) in [4.78, 5) is 24.3. The number of Topliss-reactive ketones (excluding diaryl/α,β-unsaturated/α-hetero) is 1. The lowest BCUT2D eigenvalue weighted by atomic mass is 9.98. The van der Waals surface area contributed by atoms with E-state index in [-0.39, 0.29) is 12.7 Å².